The number of cyclic esters (lactones) is 1. The summed E-state index contributed by atoms with van der Waals surface area (Å²) < 4.78 is 45.8. The maximum Gasteiger partial charge on any atom is 0.410 e. The molecule has 0 unspecified atom stereocenters. The number of hydrogen-bond acceptors (Lipinski definition) is 15. The molecule has 0 bridgehead atoms. The van der Waals surface area contributed by atoms with Crippen LogP contribution in [0.15, 0.2) is 83.3 Å². The molecule has 0 saturated carbocycles. The van der Waals surface area contributed by atoms with Crippen LogP contribution in [0.5, 0.6) is 0 Å². The fourth-order valence-electron chi connectivity index (χ4n) is 10.4. The normalized spacial score (nSPS) is 22.0. The predicted molar refractivity (Wildman–Crippen MR) is 315 cm³/mol. The smallest absolute Gasteiger partial charge is 0.410 e. The summed E-state index contributed by atoms with van der Waals surface area (Å²) in [6.45, 7) is 10.8. The van der Waals surface area contributed by atoms with Gasteiger partial charge >= 0.3 is 18.2 Å². The van der Waals surface area contributed by atoms with E-state index in [9.17, 15) is 56.7 Å². The minimum atomic E-state index is -3.67. The van der Waals surface area contributed by atoms with E-state index in [1.165, 1.54) is 26.3 Å². The summed E-state index contributed by atoms with van der Waals surface area (Å²) in [5.74, 6) is -4.29. The van der Waals surface area contributed by atoms with E-state index in [2.05, 4.69) is 16.0 Å². The Morgan fingerprint density at radius 2 is 1.46 bits per heavy atom. The van der Waals surface area contributed by atoms with Crippen LogP contribution >= 0.6 is 0 Å². The molecule has 4 aliphatic rings. The second-order valence-electron chi connectivity index (χ2n) is 22.7. The fourth-order valence-corrected chi connectivity index (χ4v) is 12.0. The van der Waals surface area contributed by atoms with E-state index >= 15 is 0 Å². The van der Waals surface area contributed by atoms with Crippen molar-refractivity contribution in [1.29, 1.82) is 0 Å². The highest BCUT2D eigenvalue weighted by atomic mass is 32.2. The third-order valence-corrected chi connectivity index (χ3v) is 17.4. The number of aliphatic hydroxyl groups excluding tert-OH is 1. The second-order valence-corrected chi connectivity index (χ2v) is 24.7. The van der Waals surface area contributed by atoms with Crippen molar-refractivity contribution >= 4 is 75.4 Å². The Kier molecular flexibility index (Phi) is 25.2. The quantitative estimate of drug-likeness (QED) is 0.0276. The summed E-state index contributed by atoms with van der Waals surface area (Å²) in [6, 6.07) is 11.2. The molecule has 6 rings (SSSR count). The molecular weight excluding hydrogens is 1120 g/mol. The highest BCUT2D eigenvalue weighted by Gasteiger charge is 2.33. The number of unbranched alkanes of at least 4 members (excludes halogenated alkanes) is 3. The van der Waals surface area contributed by atoms with Gasteiger partial charge in [-0.15, -0.1) is 0 Å². The summed E-state index contributed by atoms with van der Waals surface area (Å²) in [4.78, 5) is 120. The van der Waals surface area contributed by atoms with E-state index in [4.69, 9.17) is 19.9 Å². The predicted octanol–water partition coefficient (Wildman–Crippen LogP) is 5.71. The fraction of sp³-hybridized carbons (Fsp3) is 0.557. The van der Waals surface area contributed by atoms with Crippen LogP contribution in [-0.4, -0.2) is 162 Å². The van der Waals surface area contributed by atoms with Gasteiger partial charge in [0.15, 0.2) is 0 Å². The van der Waals surface area contributed by atoms with Crippen LogP contribution in [0.25, 0.3) is 6.08 Å². The van der Waals surface area contributed by atoms with E-state index in [-0.39, 0.29) is 106 Å². The number of imide groups is 1. The molecular formula is C61H84N8O15S. The lowest BCUT2D eigenvalue weighted by atomic mass is 9.91. The Bertz CT molecular complexity index is 2880. The maximum absolute atomic E-state index is 13.7. The number of aliphatic hydroxyl groups is 1. The summed E-state index contributed by atoms with van der Waals surface area (Å²) in [5, 5.41) is 19.2. The summed E-state index contributed by atoms with van der Waals surface area (Å²) in [5.41, 5.74) is 7.59. The number of sulfonamides is 1. The number of esters is 1. The molecule has 464 valence electrons. The number of piperazine rings is 1. The van der Waals surface area contributed by atoms with Crippen molar-refractivity contribution in [2.24, 2.45) is 23.5 Å². The van der Waals surface area contributed by atoms with Crippen LogP contribution in [0.1, 0.15) is 129 Å². The number of nitrogens with zero attached hydrogens (tertiary/aromatic N) is 4. The van der Waals surface area contributed by atoms with Gasteiger partial charge in [0.05, 0.1) is 17.4 Å². The molecule has 2 saturated heterocycles. The third-order valence-electron chi connectivity index (χ3n) is 15.5. The molecule has 2 aromatic rings. The van der Waals surface area contributed by atoms with Crippen LogP contribution < -0.4 is 21.7 Å². The number of ether oxygens (including phenoxy) is 3. The first-order chi connectivity index (χ1) is 40.5. The Labute approximate surface area is 498 Å². The van der Waals surface area contributed by atoms with E-state index in [1.54, 1.807) is 81.5 Å². The summed E-state index contributed by atoms with van der Waals surface area (Å²) >= 11 is 0. The molecule has 7 atom stereocenters. The van der Waals surface area contributed by atoms with Gasteiger partial charge in [-0.3, -0.25) is 38.5 Å². The van der Waals surface area contributed by atoms with Crippen molar-refractivity contribution < 1.29 is 70.9 Å². The zero-order valence-corrected chi connectivity index (χ0v) is 50.2. The summed E-state index contributed by atoms with van der Waals surface area (Å²) in [6.07, 6.45) is 8.90. The SMILES string of the molecule is C/C(=C\c1cccc(S(=O)(=O)N2CCCC2)c1)[C@H]1OC(=O)C[C@H](O)CC[C@H](C)[C@@H](OC(=O)N2CCN(C(=O)OCc3ccc(NC(=O)[C@H](CCCCC(N)=O)NC(=O)[C@@H](NC(=O)CCCCCN4C(=O)C=CC4=O)C(C)C)cc3)CC2)/C=C/[C@@H]1C. The Balaban J connectivity index is 0.979. The highest BCUT2D eigenvalue weighted by Crippen LogP contribution is 2.28. The van der Waals surface area contributed by atoms with Gasteiger partial charge in [0.2, 0.25) is 33.7 Å². The van der Waals surface area contributed by atoms with E-state index in [1.807, 2.05) is 19.9 Å². The number of rotatable bonds is 24. The first-order valence-corrected chi connectivity index (χ1v) is 31.0. The first kappa shape index (κ1) is 66.7. The molecule has 85 heavy (non-hydrogen) atoms. The molecule has 0 aromatic heterocycles. The topological polar surface area (TPSA) is 311 Å². The zero-order valence-electron chi connectivity index (χ0n) is 49.4. The molecule has 6 N–H and O–H groups in total. The maximum atomic E-state index is 13.7. The Morgan fingerprint density at radius 1 is 0.800 bits per heavy atom. The average molecular weight is 1200 g/mol. The first-order valence-electron chi connectivity index (χ1n) is 29.5. The van der Waals surface area contributed by atoms with E-state index in [0.717, 1.165) is 17.7 Å². The van der Waals surface area contributed by atoms with E-state index in [0.29, 0.717) is 74.0 Å². The largest absolute Gasteiger partial charge is 0.457 e. The monoisotopic (exact) mass is 1200 g/mol. The Hall–Kier alpha value is -7.44. The molecule has 2 fully saturated rings. The van der Waals surface area contributed by atoms with Crippen LogP contribution in [0.4, 0.5) is 15.3 Å². The molecule has 24 heteroatoms. The third kappa shape index (κ3) is 20.4. The number of carbonyl (C=O) groups excluding carboxylic acids is 9. The minimum Gasteiger partial charge on any atom is -0.457 e. The van der Waals surface area contributed by atoms with Crippen molar-refractivity contribution in [3.8, 4) is 0 Å². The van der Waals surface area contributed by atoms with Gasteiger partial charge < -0.3 is 50.8 Å². The van der Waals surface area contributed by atoms with Crippen molar-refractivity contribution in [3.05, 3.63) is 89.5 Å². The van der Waals surface area contributed by atoms with Gasteiger partial charge in [0.1, 0.15) is 30.9 Å². The Morgan fingerprint density at radius 3 is 2.12 bits per heavy atom. The van der Waals surface area contributed by atoms with Crippen LogP contribution in [0.3, 0.4) is 0 Å². The van der Waals surface area contributed by atoms with Crippen molar-refractivity contribution in [2.45, 2.75) is 160 Å². The molecule has 4 heterocycles. The number of anilines is 1. The minimum absolute atomic E-state index is 0.0964. The van der Waals surface area contributed by atoms with Crippen LogP contribution in [-0.2, 0) is 64.4 Å². The molecule has 0 radical (unpaired) electrons. The second kappa shape index (κ2) is 32.2. The number of nitrogens with one attached hydrogen (secondary N) is 3. The lowest BCUT2D eigenvalue weighted by molar-refractivity contribution is -0.151. The number of amides is 8. The van der Waals surface area contributed by atoms with Gasteiger partial charge in [0.25, 0.3) is 11.8 Å². The van der Waals surface area contributed by atoms with Crippen LogP contribution in [0, 0.1) is 17.8 Å². The van der Waals surface area contributed by atoms with Crippen LogP contribution in [0.2, 0.25) is 0 Å². The number of carbonyl (C=O) groups is 9. The molecule has 23 nitrogen and oxygen atoms in total. The number of primary amides is 1. The van der Waals surface area contributed by atoms with E-state index < -0.39 is 82.2 Å². The van der Waals surface area contributed by atoms with Gasteiger partial charge in [-0.05, 0) is 117 Å². The molecule has 8 amide bonds. The van der Waals surface area contributed by atoms with Gasteiger partial charge in [-0.25, -0.2) is 18.0 Å². The highest BCUT2D eigenvalue weighted by molar-refractivity contribution is 7.89. The zero-order chi connectivity index (χ0) is 61.8. The standard InChI is InChI=1S/C61H84N8O15S/c1-40(2)56(65-52(72)18-7-6-10-31-69-53(73)27-28-54(69)74)59(77)64-49(16-8-9-17-51(62)71)58(76)63-46-23-21-44(22-24-46)39-82-60(78)66-32-34-67(35-33-66)61(79)83-50-26-20-42(4)57(84-55(75)38-47(70)25-19-41(50)3)43(5)36-45-14-13-15-48(37-45)85(80,81)68-29-11-12-30-68/h13-15,20-24,26-28,36-37,40-42,47,49-50,56-57,70H,6-12,16-19,25,29-35,38-39H2,1-5H3,(H2,62,71)(H,63,76)(H,64,77)(H,65,72)/b26-20+,43-36+/t41-,42-,47+,49-,50-,56-,57-/m0/s1. The lowest BCUT2D eigenvalue weighted by Gasteiger charge is -2.35. The number of nitrogens with two attached hydrogens (primary N) is 1. The van der Waals surface area contributed by atoms with Gasteiger partial charge in [0, 0.05) is 82.4 Å². The van der Waals surface area contributed by atoms with Crippen molar-refractivity contribution in [2.75, 3.05) is 51.1 Å². The number of benzene rings is 2. The molecule has 2 aromatic carbocycles. The van der Waals surface area contributed by atoms with Crippen molar-refractivity contribution in [1.82, 2.24) is 29.6 Å². The number of hydrogen-bond donors (Lipinski definition) is 5. The van der Waals surface area contributed by atoms with Gasteiger partial charge in [-0.2, -0.15) is 4.31 Å². The average Bonchev–Trinajstić information content (AvgIpc) is 4.27. The molecule has 0 spiro atoms. The lowest BCUT2D eigenvalue weighted by Crippen LogP contribution is -2.54. The van der Waals surface area contributed by atoms with Gasteiger partial charge in [-0.1, -0.05) is 77.0 Å². The molecule has 4 aliphatic heterocycles. The van der Waals surface area contributed by atoms with Crippen molar-refractivity contribution in [3.63, 3.8) is 0 Å². The summed E-state index contributed by atoms with van der Waals surface area (Å²) in [7, 11) is -3.67. The molecule has 0 aliphatic carbocycles.